The summed E-state index contributed by atoms with van der Waals surface area (Å²) in [5, 5.41) is 0. The first-order valence-electron chi connectivity index (χ1n) is 14.1. The van der Waals surface area contributed by atoms with E-state index in [9.17, 15) is 0 Å². The second-order valence-corrected chi connectivity index (χ2v) is 10.5. The Hall–Kier alpha value is -2.92. The summed E-state index contributed by atoms with van der Waals surface area (Å²) >= 11 is 0. The molecule has 2 unspecified atom stereocenters. The van der Waals surface area contributed by atoms with Crippen molar-refractivity contribution in [2.24, 2.45) is 0 Å². The zero-order valence-corrected chi connectivity index (χ0v) is 25.2. The van der Waals surface area contributed by atoms with Crippen molar-refractivity contribution in [3.05, 3.63) is 170 Å². The molecule has 0 aromatic heterocycles. The molecule has 3 saturated heterocycles. The van der Waals surface area contributed by atoms with E-state index in [4.69, 9.17) is 0 Å². The molecule has 41 heavy (non-hydrogen) atoms. The van der Waals surface area contributed by atoms with Gasteiger partial charge in [-0.15, -0.1) is 70.8 Å². The molecule has 7 rings (SSSR count). The first-order valence-corrected chi connectivity index (χ1v) is 14.1. The van der Waals surface area contributed by atoms with Crippen molar-refractivity contribution in [3.8, 4) is 0 Å². The van der Waals surface area contributed by atoms with Gasteiger partial charge in [-0.2, -0.15) is 0 Å². The van der Waals surface area contributed by atoms with Crippen LogP contribution in [0.15, 0.2) is 121 Å². The SMILES string of the molecule is [CH3-].[C]1C2N(CCN3CCN([C-](c4ccccc4)c4ccccc4)C13)CCN2[C-](c1ccccc1)c1ccccc1.[Rh]. The topological polar surface area (TPSA) is 13.0 Å². The Bertz CT molecular complexity index is 1150. The first-order chi connectivity index (χ1) is 19.4. The molecule has 4 aromatic rings. The molecular formula is C36H37N4Rh-3. The minimum absolute atomic E-state index is 0. The van der Waals surface area contributed by atoms with Crippen LogP contribution in [-0.4, -0.2) is 71.2 Å². The maximum absolute atomic E-state index is 4.14. The van der Waals surface area contributed by atoms with Gasteiger partial charge < -0.3 is 7.43 Å². The number of benzene rings is 4. The quantitative estimate of drug-likeness (QED) is 0.202. The van der Waals surface area contributed by atoms with Crippen molar-refractivity contribution < 1.29 is 19.5 Å². The zero-order chi connectivity index (χ0) is 26.0. The van der Waals surface area contributed by atoms with Gasteiger partial charge in [0.05, 0.1) is 18.8 Å². The molecule has 2 atom stereocenters. The number of nitrogens with zero attached hydrogens (tertiary/aromatic N) is 4. The second kappa shape index (κ2) is 13.4. The fourth-order valence-electron chi connectivity index (χ4n) is 6.45. The maximum Gasteiger partial charge on any atom is 0.0704 e. The molecule has 3 fully saturated rings. The fraction of sp³-hybridized carbons (Fsp3) is 0.222. The summed E-state index contributed by atoms with van der Waals surface area (Å²) < 4.78 is 0. The van der Waals surface area contributed by atoms with Crippen molar-refractivity contribution >= 4 is 0 Å². The monoisotopic (exact) mass is 628 g/mol. The van der Waals surface area contributed by atoms with E-state index in [-0.39, 0.29) is 39.2 Å². The molecule has 3 heterocycles. The van der Waals surface area contributed by atoms with E-state index >= 15 is 0 Å². The normalized spacial score (nSPS) is 21.2. The molecule has 0 amide bonds. The molecule has 0 saturated carbocycles. The molecule has 213 valence electrons. The third-order valence-electron chi connectivity index (χ3n) is 8.27. The minimum Gasteiger partial charge on any atom is -0.358 e. The van der Waals surface area contributed by atoms with Gasteiger partial charge in [0.15, 0.2) is 0 Å². The van der Waals surface area contributed by atoms with Gasteiger partial charge in [0.1, 0.15) is 0 Å². The van der Waals surface area contributed by atoms with E-state index in [2.05, 4.69) is 147 Å². The van der Waals surface area contributed by atoms with Crippen LogP contribution in [0.4, 0.5) is 0 Å². The predicted octanol–water partition coefficient (Wildman–Crippen LogP) is 5.67. The molecule has 0 N–H and O–H groups in total. The van der Waals surface area contributed by atoms with Crippen LogP contribution < -0.4 is 0 Å². The Morgan fingerprint density at radius 3 is 1.00 bits per heavy atom. The molecule has 0 bridgehead atoms. The molecule has 0 spiro atoms. The predicted molar refractivity (Wildman–Crippen MR) is 162 cm³/mol. The van der Waals surface area contributed by atoms with Gasteiger partial charge in [-0.1, -0.05) is 72.8 Å². The smallest absolute Gasteiger partial charge is 0.0704 e. The van der Waals surface area contributed by atoms with Crippen molar-refractivity contribution in [1.82, 2.24) is 19.6 Å². The Labute approximate surface area is 259 Å². The van der Waals surface area contributed by atoms with Crippen molar-refractivity contribution in [2.45, 2.75) is 12.3 Å². The molecule has 4 nitrogen and oxygen atoms in total. The Kier molecular flexibility index (Phi) is 9.65. The molecule has 0 aliphatic carbocycles. The standard InChI is InChI=1S/C35H34N4.CH3.Rh/c1-5-13-28(14-6-1)34(29-15-7-2-8-16-29)38-25-23-36-21-22-37-24-26-39(33(37)27-32(36)38)35(30-17-9-3-10-18-30)31-19-11-4-12-20-31;;/h1-20,32-33H,21-26H2;1H3;/q-2;-1;. The summed E-state index contributed by atoms with van der Waals surface area (Å²) in [5.74, 6) is 0. The van der Waals surface area contributed by atoms with E-state index < -0.39 is 0 Å². The summed E-state index contributed by atoms with van der Waals surface area (Å²) in [6, 6.07) is 46.1. The van der Waals surface area contributed by atoms with Crippen molar-refractivity contribution in [3.63, 3.8) is 0 Å². The third-order valence-corrected chi connectivity index (χ3v) is 8.27. The van der Waals surface area contributed by atoms with Gasteiger partial charge >= 0.3 is 0 Å². The number of hydrogen-bond acceptors (Lipinski definition) is 4. The van der Waals surface area contributed by atoms with Crippen molar-refractivity contribution in [2.75, 3.05) is 39.3 Å². The van der Waals surface area contributed by atoms with Crippen LogP contribution in [-0.2, 0) is 19.5 Å². The number of hydrogen-bond donors (Lipinski definition) is 0. The fourth-order valence-corrected chi connectivity index (χ4v) is 6.45. The van der Waals surface area contributed by atoms with E-state index in [0.29, 0.717) is 0 Å². The number of fused-ring (bicyclic) bond motifs is 2. The third kappa shape index (κ3) is 5.88. The second-order valence-electron chi connectivity index (χ2n) is 10.5. The maximum atomic E-state index is 4.14. The Balaban J connectivity index is 0.00000169. The van der Waals surface area contributed by atoms with Gasteiger partial charge in [-0.05, 0) is 12.1 Å². The van der Waals surface area contributed by atoms with Crippen molar-refractivity contribution in [1.29, 1.82) is 0 Å². The summed E-state index contributed by atoms with van der Waals surface area (Å²) in [7, 11) is 0. The van der Waals surface area contributed by atoms with Gasteiger partial charge in [0, 0.05) is 58.7 Å². The Morgan fingerprint density at radius 2 is 0.707 bits per heavy atom. The van der Waals surface area contributed by atoms with Crippen LogP contribution in [0.2, 0.25) is 0 Å². The summed E-state index contributed by atoms with van der Waals surface area (Å²) in [5.41, 5.74) is 5.05. The molecule has 3 radical (unpaired) electrons. The van der Waals surface area contributed by atoms with E-state index in [1.165, 1.54) is 34.3 Å². The summed E-state index contributed by atoms with van der Waals surface area (Å²) in [6.07, 6.45) is 4.37. The summed E-state index contributed by atoms with van der Waals surface area (Å²) in [6.45, 7) is 6.21. The summed E-state index contributed by atoms with van der Waals surface area (Å²) in [4.78, 5) is 10.4. The van der Waals surface area contributed by atoms with Crippen LogP contribution in [0.25, 0.3) is 0 Å². The average molecular weight is 629 g/mol. The van der Waals surface area contributed by atoms with Gasteiger partial charge in [0.2, 0.25) is 0 Å². The molecular weight excluding hydrogens is 591 g/mol. The minimum atomic E-state index is 0. The zero-order valence-electron chi connectivity index (χ0n) is 23.6. The van der Waals surface area contributed by atoms with Crippen LogP contribution in [0.3, 0.4) is 0 Å². The Morgan fingerprint density at radius 1 is 0.439 bits per heavy atom. The van der Waals surface area contributed by atoms with Crippen LogP contribution in [0, 0.1) is 25.9 Å². The van der Waals surface area contributed by atoms with Crippen LogP contribution in [0.1, 0.15) is 22.3 Å². The van der Waals surface area contributed by atoms with Crippen LogP contribution in [0.5, 0.6) is 0 Å². The number of rotatable bonds is 6. The van der Waals surface area contributed by atoms with E-state index in [1.807, 2.05) is 0 Å². The average Bonchev–Trinajstić information content (AvgIpc) is 3.53. The molecule has 4 aromatic carbocycles. The van der Waals surface area contributed by atoms with E-state index in [1.54, 1.807) is 0 Å². The largest absolute Gasteiger partial charge is 0.358 e. The molecule has 3 aliphatic rings. The molecule has 3 aliphatic heterocycles. The van der Waals surface area contributed by atoms with E-state index in [0.717, 1.165) is 39.3 Å². The first kappa shape index (κ1) is 29.6. The molecule has 5 heteroatoms. The van der Waals surface area contributed by atoms with Crippen LogP contribution >= 0.6 is 0 Å². The van der Waals surface area contributed by atoms with Gasteiger partial charge in [0.25, 0.3) is 0 Å². The van der Waals surface area contributed by atoms with Gasteiger partial charge in [-0.3, -0.25) is 19.6 Å². The van der Waals surface area contributed by atoms with Gasteiger partial charge in [-0.25, -0.2) is 0 Å².